The topological polar surface area (TPSA) is 12.0 Å². The highest BCUT2D eigenvalue weighted by Crippen LogP contribution is 2.44. The molecule has 0 spiro atoms. The summed E-state index contributed by atoms with van der Waals surface area (Å²) in [6.45, 7) is 3.42. The summed E-state index contributed by atoms with van der Waals surface area (Å²) in [6.07, 6.45) is 5.40. The lowest BCUT2D eigenvalue weighted by Gasteiger charge is -2.16. The van der Waals surface area contributed by atoms with Crippen LogP contribution in [0.15, 0.2) is 6.07 Å². The van der Waals surface area contributed by atoms with Crippen molar-refractivity contribution in [3.8, 4) is 0 Å². The maximum absolute atomic E-state index is 3.76. The molecule has 1 aliphatic carbocycles. The van der Waals surface area contributed by atoms with Crippen molar-refractivity contribution in [1.29, 1.82) is 0 Å². The van der Waals surface area contributed by atoms with E-state index < -0.39 is 0 Å². The Morgan fingerprint density at radius 2 is 2.35 bits per heavy atom. The molecule has 2 heterocycles. The second-order valence-corrected chi connectivity index (χ2v) is 7.44. The second-order valence-electron chi connectivity index (χ2n) is 5.17. The van der Waals surface area contributed by atoms with Gasteiger partial charge in [-0.2, -0.15) is 11.8 Å². The van der Waals surface area contributed by atoms with E-state index in [2.05, 4.69) is 41.4 Å². The standard InChI is InChI=1S/C14H21NS2/c1-2-6-15-14(10-3-4-10)13-8-11-9-16-7-5-12(11)17-13/h8,10,14-15H,2-7,9H2,1H3. The van der Waals surface area contributed by atoms with Crippen LogP contribution >= 0.6 is 23.1 Å². The van der Waals surface area contributed by atoms with Crippen molar-refractivity contribution in [1.82, 2.24) is 5.32 Å². The number of fused-ring (bicyclic) bond motifs is 1. The van der Waals surface area contributed by atoms with E-state index in [-0.39, 0.29) is 0 Å². The highest BCUT2D eigenvalue weighted by atomic mass is 32.2. The summed E-state index contributed by atoms with van der Waals surface area (Å²) < 4.78 is 0. The van der Waals surface area contributed by atoms with Gasteiger partial charge in [-0.1, -0.05) is 6.92 Å². The molecule has 2 aliphatic rings. The SMILES string of the molecule is CCCNC(c1cc2c(s1)CCSC2)C1CC1. The number of hydrogen-bond acceptors (Lipinski definition) is 3. The summed E-state index contributed by atoms with van der Waals surface area (Å²) in [7, 11) is 0. The Morgan fingerprint density at radius 1 is 1.47 bits per heavy atom. The van der Waals surface area contributed by atoms with Gasteiger partial charge in [0.25, 0.3) is 0 Å². The number of thiophene rings is 1. The van der Waals surface area contributed by atoms with E-state index in [1.165, 1.54) is 43.7 Å². The number of rotatable bonds is 5. The van der Waals surface area contributed by atoms with Gasteiger partial charge in [-0.15, -0.1) is 11.3 Å². The molecule has 1 nitrogen and oxygen atoms in total. The zero-order valence-corrected chi connectivity index (χ0v) is 12.1. The van der Waals surface area contributed by atoms with Crippen molar-refractivity contribution in [2.24, 2.45) is 5.92 Å². The van der Waals surface area contributed by atoms with Gasteiger partial charge in [0.15, 0.2) is 0 Å². The van der Waals surface area contributed by atoms with Gasteiger partial charge in [-0.05, 0) is 55.5 Å². The smallest absolute Gasteiger partial charge is 0.0443 e. The summed E-state index contributed by atoms with van der Waals surface area (Å²) in [5.41, 5.74) is 1.63. The zero-order chi connectivity index (χ0) is 11.7. The van der Waals surface area contributed by atoms with Gasteiger partial charge < -0.3 is 5.32 Å². The van der Waals surface area contributed by atoms with Gasteiger partial charge in [-0.25, -0.2) is 0 Å². The van der Waals surface area contributed by atoms with Crippen molar-refractivity contribution < 1.29 is 0 Å². The molecule has 0 saturated heterocycles. The molecular formula is C14H21NS2. The number of aryl methyl sites for hydroxylation is 1. The van der Waals surface area contributed by atoms with Gasteiger partial charge >= 0.3 is 0 Å². The van der Waals surface area contributed by atoms with E-state index in [1.807, 2.05) is 0 Å². The third-order valence-electron chi connectivity index (χ3n) is 3.66. The van der Waals surface area contributed by atoms with Crippen molar-refractivity contribution in [3.05, 3.63) is 21.4 Å². The lowest BCUT2D eigenvalue weighted by molar-refractivity contribution is 0.488. The molecule has 3 rings (SSSR count). The van der Waals surface area contributed by atoms with Gasteiger partial charge in [0.2, 0.25) is 0 Å². The molecule has 1 aliphatic heterocycles. The second kappa shape index (κ2) is 5.33. The minimum absolute atomic E-state index is 0.663. The fourth-order valence-electron chi connectivity index (χ4n) is 2.55. The molecule has 1 unspecified atom stereocenters. The Balaban J connectivity index is 1.77. The molecule has 0 radical (unpaired) electrons. The van der Waals surface area contributed by atoms with E-state index in [0.29, 0.717) is 6.04 Å². The molecule has 0 bridgehead atoms. The Morgan fingerprint density at radius 3 is 3.06 bits per heavy atom. The average Bonchev–Trinajstić information content (AvgIpc) is 3.09. The van der Waals surface area contributed by atoms with Crippen LogP contribution in [-0.2, 0) is 12.2 Å². The molecule has 94 valence electrons. The van der Waals surface area contributed by atoms with Crippen molar-refractivity contribution in [3.63, 3.8) is 0 Å². The molecule has 0 amide bonds. The highest BCUT2D eigenvalue weighted by molar-refractivity contribution is 7.98. The molecule has 0 aromatic carbocycles. The third-order valence-corrected chi connectivity index (χ3v) is 5.99. The Hall–Kier alpha value is 0.01000. The molecule has 1 aromatic rings. The highest BCUT2D eigenvalue weighted by Gasteiger charge is 2.33. The number of nitrogens with one attached hydrogen (secondary N) is 1. The number of hydrogen-bond donors (Lipinski definition) is 1. The van der Waals surface area contributed by atoms with Gasteiger partial charge in [0, 0.05) is 21.5 Å². The largest absolute Gasteiger partial charge is 0.309 e. The number of thioether (sulfide) groups is 1. The van der Waals surface area contributed by atoms with E-state index in [9.17, 15) is 0 Å². The fraction of sp³-hybridized carbons (Fsp3) is 0.714. The first-order chi connectivity index (χ1) is 8.38. The Bertz CT molecular complexity index is 358. The van der Waals surface area contributed by atoms with Crippen LogP contribution < -0.4 is 5.32 Å². The van der Waals surface area contributed by atoms with Gasteiger partial charge in [0.1, 0.15) is 0 Å². The summed E-state index contributed by atoms with van der Waals surface area (Å²) >= 11 is 4.18. The molecule has 17 heavy (non-hydrogen) atoms. The molecule has 3 heteroatoms. The van der Waals surface area contributed by atoms with E-state index in [0.717, 1.165) is 5.92 Å². The van der Waals surface area contributed by atoms with Crippen LogP contribution in [0.3, 0.4) is 0 Å². The summed E-state index contributed by atoms with van der Waals surface area (Å²) in [5.74, 6) is 3.50. The molecular weight excluding hydrogens is 246 g/mol. The van der Waals surface area contributed by atoms with Crippen LogP contribution in [0, 0.1) is 5.92 Å². The average molecular weight is 267 g/mol. The van der Waals surface area contributed by atoms with Crippen LogP contribution in [0.2, 0.25) is 0 Å². The first-order valence-electron chi connectivity index (χ1n) is 6.81. The van der Waals surface area contributed by atoms with Crippen LogP contribution in [-0.4, -0.2) is 12.3 Å². The molecule has 1 N–H and O–H groups in total. The maximum Gasteiger partial charge on any atom is 0.0443 e. The van der Waals surface area contributed by atoms with Gasteiger partial charge in [0.05, 0.1) is 0 Å². The molecule has 1 aromatic heterocycles. The van der Waals surface area contributed by atoms with Crippen LogP contribution in [0.25, 0.3) is 0 Å². The van der Waals surface area contributed by atoms with E-state index in [4.69, 9.17) is 0 Å². The minimum Gasteiger partial charge on any atom is -0.309 e. The lowest BCUT2D eigenvalue weighted by atomic mass is 10.1. The first-order valence-corrected chi connectivity index (χ1v) is 8.78. The zero-order valence-electron chi connectivity index (χ0n) is 10.5. The molecule has 1 fully saturated rings. The third kappa shape index (κ3) is 2.72. The quantitative estimate of drug-likeness (QED) is 0.866. The predicted octanol–water partition coefficient (Wildman–Crippen LogP) is 3.99. The van der Waals surface area contributed by atoms with Crippen LogP contribution in [0.5, 0.6) is 0 Å². The first kappa shape index (κ1) is 12.1. The normalized spacial score (nSPS) is 21.2. The van der Waals surface area contributed by atoms with Gasteiger partial charge in [-0.3, -0.25) is 0 Å². The summed E-state index contributed by atoms with van der Waals surface area (Å²) in [5, 5.41) is 3.76. The van der Waals surface area contributed by atoms with Crippen molar-refractivity contribution in [2.45, 2.75) is 44.4 Å². The van der Waals surface area contributed by atoms with E-state index >= 15 is 0 Å². The lowest BCUT2D eigenvalue weighted by Crippen LogP contribution is -2.22. The summed E-state index contributed by atoms with van der Waals surface area (Å²) in [4.78, 5) is 3.29. The molecule has 1 saturated carbocycles. The van der Waals surface area contributed by atoms with Crippen LogP contribution in [0.4, 0.5) is 0 Å². The van der Waals surface area contributed by atoms with E-state index in [1.54, 1.807) is 15.3 Å². The minimum atomic E-state index is 0.663. The molecule has 1 atom stereocenters. The Labute approximate surface area is 112 Å². The predicted molar refractivity (Wildman–Crippen MR) is 77.9 cm³/mol. The van der Waals surface area contributed by atoms with Crippen LogP contribution in [0.1, 0.15) is 47.5 Å². The Kier molecular flexibility index (Phi) is 3.78. The summed E-state index contributed by atoms with van der Waals surface area (Å²) in [6, 6.07) is 3.16. The van der Waals surface area contributed by atoms with Crippen molar-refractivity contribution >= 4 is 23.1 Å². The monoisotopic (exact) mass is 267 g/mol. The fourth-order valence-corrected chi connectivity index (χ4v) is 5.10. The maximum atomic E-state index is 3.76. The van der Waals surface area contributed by atoms with Crippen molar-refractivity contribution in [2.75, 3.05) is 12.3 Å².